The van der Waals surface area contributed by atoms with Crippen molar-refractivity contribution in [3.05, 3.63) is 109 Å². The summed E-state index contributed by atoms with van der Waals surface area (Å²) in [7, 11) is 0. The van der Waals surface area contributed by atoms with Crippen LogP contribution in [0.25, 0.3) is 0 Å². The molecule has 458 valence electrons. The molecule has 0 rings (SSSR count). The lowest BCUT2D eigenvalue weighted by atomic mass is 10.0. The Bertz CT molecular complexity index is 1610. The number of unbranched alkanes of at least 4 members (excludes halogenated alkanes) is 32. The van der Waals surface area contributed by atoms with Gasteiger partial charge in [-0.2, -0.15) is 0 Å². The Balaban J connectivity index is 4.31. The molecule has 0 aliphatic carbocycles. The molecule has 6 heteroatoms. The second-order valence-corrected chi connectivity index (χ2v) is 22.3. The summed E-state index contributed by atoms with van der Waals surface area (Å²) in [4.78, 5) is 38.4. The largest absolute Gasteiger partial charge is 0.462 e. The number of rotatable bonds is 61. The maximum absolute atomic E-state index is 12.9. The molecule has 0 N–H and O–H groups in total. The minimum Gasteiger partial charge on any atom is -0.462 e. The van der Waals surface area contributed by atoms with Gasteiger partial charge in [0.1, 0.15) is 13.2 Å². The molecule has 0 heterocycles. The molecule has 0 bridgehead atoms. The van der Waals surface area contributed by atoms with E-state index in [0.717, 1.165) is 122 Å². The van der Waals surface area contributed by atoms with E-state index in [1.807, 2.05) is 0 Å². The van der Waals surface area contributed by atoms with Crippen LogP contribution >= 0.6 is 0 Å². The molecule has 0 aromatic heterocycles. The SMILES string of the molecule is CC/C=C\C/C=C\C/C=C\C/C=C\C/C=C\CCCCCCCCCCCCCCCC(=O)OCC(COC(=O)CCCCCCC/C=C\C/C=C\CCCCC)OC(=O)CCCCCCCCC/C=C\C/C=C\CCCCCC. The summed E-state index contributed by atoms with van der Waals surface area (Å²) in [6, 6.07) is 0. The van der Waals surface area contributed by atoms with Crippen LogP contribution in [0.1, 0.15) is 323 Å². The molecule has 1 atom stereocenters. The van der Waals surface area contributed by atoms with Crippen molar-refractivity contribution in [3.63, 3.8) is 0 Å². The average Bonchev–Trinajstić information content (AvgIpc) is 3.46. The summed E-state index contributed by atoms with van der Waals surface area (Å²) in [6.45, 7) is 6.49. The van der Waals surface area contributed by atoms with Gasteiger partial charge < -0.3 is 14.2 Å². The molecule has 0 fully saturated rings. The Kier molecular flexibility index (Phi) is 64.3. The number of hydrogen-bond acceptors (Lipinski definition) is 6. The zero-order valence-corrected chi connectivity index (χ0v) is 52.6. The molecule has 1 unspecified atom stereocenters. The lowest BCUT2D eigenvalue weighted by Crippen LogP contribution is -2.30. The van der Waals surface area contributed by atoms with Crippen LogP contribution < -0.4 is 0 Å². The number of hydrogen-bond donors (Lipinski definition) is 0. The van der Waals surface area contributed by atoms with Gasteiger partial charge in [0.2, 0.25) is 0 Å². The third-order valence-electron chi connectivity index (χ3n) is 14.5. The molecule has 0 saturated heterocycles. The first kappa shape index (κ1) is 76.1. The highest BCUT2D eigenvalue weighted by Gasteiger charge is 2.19. The fourth-order valence-corrected chi connectivity index (χ4v) is 9.41. The Morgan fingerprint density at radius 3 is 0.787 bits per heavy atom. The van der Waals surface area contributed by atoms with Crippen LogP contribution in [-0.2, 0) is 28.6 Å². The second kappa shape index (κ2) is 67.6. The van der Waals surface area contributed by atoms with Gasteiger partial charge in [0, 0.05) is 19.3 Å². The predicted octanol–water partition coefficient (Wildman–Crippen LogP) is 23.4. The molecular formula is C74H126O6. The molecule has 6 nitrogen and oxygen atoms in total. The minimum absolute atomic E-state index is 0.0857. The topological polar surface area (TPSA) is 78.9 Å². The minimum atomic E-state index is -0.791. The Morgan fingerprint density at radius 2 is 0.487 bits per heavy atom. The highest BCUT2D eigenvalue weighted by Crippen LogP contribution is 2.16. The molecule has 0 amide bonds. The zero-order chi connectivity index (χ0) is 57.8. The number of carbonyl (C=O) groups excluding carboxylic acids is 3. The molecule has 0 spiro atoms. The predicted molar refractivity (Wildman–Crippen MR) is 348 cm³/mol. The first-order valence-corrected chi connectivity index (χ1v) is 33.9. The normalized spacial score (nSPS) is 12.8. The molecule has 0 aromatic rings. The number of allylic oxidation sites excluding steroid dienone is 18. The molecule has 0 aliphatic heterocycles. The smallest absolute Gasteiger partial charge is 0.306 e. The van der Waals surface area contributed by atoms with Gasteiger partial charge in [-0.1, -0.05) is 284 Å². The summed E-state index contributed by atoms with van der Waals surface area (Å²) >= 11 is 0. The van der Waals surface area contributed by atoms with Crippen LogP contribution in [0, 0.1) is 0 Å². The average molecular weight is 1110 g/mol. The highest BCUT2D eigenvalue weighted by atomic mass is 16.6. The monoisotopic (exact) mass is 1110 g/mol. The van der Waals surface area contributed by atoms with Crippen molar-refractivity contribution in [1.82, 2.24) is 0 Å². The van der Waals surface area contributed by atoms with Crippen molar-refractivity contribution >= 4 is 17.9 Å². The molecule has 0 aliphatic rings. The maximum Gasteiger partial charge on any atom is 0.306 e. The van der Waals surface area contributed by atoms with E-state index in [1.54, 1.807) is 0 Å². The van der Waals surface area contributed by atoms with Gasteiger partial charge >= 0.3 is 17.9 Å². The standard InChI is InChI=1S/C74H126O6/c1-4-7-10-13-16-19-22-25-28-30-32-33-34-35-36-37-38-39-40-41-42-44-46-49-52-55-58-61-64-67-73(76)79-70-71(69-78-72(75)66-63-60-57-54-51-48-45-27-24-21-18-15-12-9-6-3)80-74(77)68-65-62-59-56-53-50-47-43-31-29-26-23-20-17-14-11-8-5-2/h7,10,16,18-21,23,25,27-29,31-33,35-36,45,71H,4-6,8-9,11-15,17,22,24,26,30,34,37-44,46-70H2,1-3H3/b10-7-,19-16-,21-18-,23-20-,28-25-,31-29-,33-32-,36-35-,45-27-. The van der Waals surface area contributed by atoms with Gasteiger partial charge in [-0.15, -0.1) is 0 Å². The van der Waals surface area contributed by atoms with Gasteiger partial charge in [0.05, 0.1) is 0 Å². The van der Waals surface area contributed by atoms with Crippen LogP contribution in [0.2, 0.25) is 0 Å². The van der Waals surface area contributed by atoms with Gasteiger partial charge in [0.15, 0.2) is 6.10 Å². The summed E-state index contributed by atoms with van der Waals surface area (Å²) in [6.07, 6.45) is 92.4. The summed E-state index contributed by atoms with van der Waals surface area (Å²) in [5.41, 5.74) is 0. The zero-order valence-electron chi connectivity index (χ0n) is 52.6. The van der Waals surface area contributed by atoms with E-state index >= 15 is 0 Å². The van der Waals surface area contributed by atoms with E-state index < -0.39 is 6.10 Å². The first-order valence-electron chi connectivity index (χ1n) is 33.9. The summed E-state index contributed by atoms with van der Waals surface area (Å²) in [5.74, 6) is -0.898. The Morgan fingerprint density at radius 1 is 0.263 bits per heavy atom. The van der Waals surface area contributed by atoms with Gasteiger partial charge in [0.25, 0.3) is 0 Å². The molecule has 0 saturated carbocycles. The van der Waals surface area contributed by atoms with Crippen LogP contribution in [0.5, 0.6) is 0 Å². The van der Waals surface area contributed by atoms with Crippen molar-refractivity contribution in [2.45, 2.75) is 329 Å². The van der Waals surface area contributed by atoms with E-state index in [0.29, 0.717) is 19.3 Å². The van der Waals surface area contributed by atoms with Crippen molar-refractivity contribution < 1.29 is 28.6 Å². The Hall–Kier alpha value is -3.93. The molecule has 0 radical (unpaired) electrons. The van der Waals surface area contributed by atoms with Gasteiger partial charge in [-0.05, 0) is 128 Å². The van der Waals surface area contributed by atoms with Crippen LogP contribution in [0.4, 0.5) is 0 Å². The fourth-order valence-electron chi connectivity index (χ4n) is 9.41. The van der Waals surface area contributed by atoms with Crippen LogP contribution in [0.3, 0.4) is 0 Å². The van der Waals surface area contributed by atoms with E-state index in [4.69, 9.17) is 14.2 Å². The quantitative estimate of drug-likeness (QED) is 0.0261. The molecule has 80 heavy (non-hydrogen) atoms. The van der Waals surface area contributed by atoms with E-state index in [-0.39, 0.29) is 31.1 Å². The highest BCUT2D eigenvalue weighted by molar-refractivity contribution is 5.71. The lowest BCUT2D eigenvalue weighted by molar-refractivity contribution is -0.167. The Labute approximate surface area is 495 Å². The van der Waals surface area contributed by atoms with E-state index in [9.17, 15) is 14.4 Å². The van der Waals surface area contributed by atoms with Crippen LogP contribution in [0.15, 0.2) is 109 Å². The lowest BCUT2D eigenvalue weighted by Gasteiger charge is -2.18. The van der Waals surface area contributed by atoms with Crippen molar-refractivity contribution in [1.29, 1.82) is 0 Å². The number of carbonyl (C=O) groups is 3. The van der Waals surface area contributed by atoms with Crippen molar-refractivity contribution in [2.24, 2.45) is 0 Å². The summed E-state index contributed by atoms with van der Waals surface area (Å²) < 4.78 is 16.9. The second-order valence-electron chi connectivity index (χ2n) is 22.3. The van der Waals surface area contributed by atoms with Gasteiger partial charge in [-0.3, -0.25) is 14.4 Å². The van der Waals surface area contributed by atoms with Crippen LogP contribution in [-0.4, -0.2) is 37.2 Å². The molecule has 0 aromatic carbocycles. The maximum atomic E-state index is 12.9. The third-order valence-corrected chi connectivity index (χ3v) is 14.5. The van der Waals surface area contributed by atoms with Gasteiger partial charge in [-0.25, -0.2) is 0 Å². The third kappa shape index (κ3) is 64.9. The van der Waals surface area contributed by atoms with Crippen molar-refractivity contribution in [3.8, 4) is 0 Å². The summed E-state index contributed by atoms with van der Waals surface area (Å²) in [5, 5.41) is 0. The molecular weight excluding hydrogens is 985 g/mol. The number of ether oxygens (including phenoxy) is 3. The van der Waals surface area contributed by atoms with E-state index in [1.165, 1.54) is 161 Å². The van der Waals surface area contributed by atoms with Crippen molar-refractivity contribution in [2.75, 3.05) is 13.2 Å². The fraction of sp³-hybridized carbons (Fsp3) is 0.716. The van der Waals surface area contributed by atoms with E-state index in [2.05, 4.69) is 130 Å². The first-order chi connectivity index (χ1) is 39.5. The number of esters is 3.